The molecule has 8 rings (SSSR count). The number of hydrogen-bond acceptors (Lipinski definition) is 17. The van der Waals surface area contributed by atoms with Crippen LogP contribution in [-0.2, 0) is 14.3 Å². The van der Waals surface area contributed by atoms with Gasteiger partial charge < -0.3 is 15.3 Å². The van der Waals surface area contributed by atoms with Crippen LogP contribution in [0.4, 0.5) is 0 Å². The number of thiol groups is 1. The predicted octanol–water partition coefficient (Wildman–Crippen LogP) is 9.35. The molecule has 0 saturated heterocycles. The zero-order valence-electron chi connectivity index (χ0n) is 38.8. The maximum absolute atomic E-state index is 11.7. The molecule has 64 heavy (non-hydrogen) atoms. The van der Waals surface area contributed by atoms with Gasteiger partial charge in [-0.2, -0.15) is 45.8 Å². The third-order valence-electron chi connectivity index (χ3n) is 17.3. The Labute approximate surface area is 387 Å². The van der Waals surface area contributed by atoms with Crippen molar-refractivity contribution in [3.8, 4) is 0 Å². The maximum Gasteiger partial charge on any atom is 0.160 e. The molecule has 0 spiro atoms. The largest absolute Gasteiger partial charge is 0.391 e. The van der Waals surface area contributed by atoms with E-state index < -0.39 is 30.7 Å². The highest BCUT2D eigenvalue weighted by Gasteiger charge is 2.49. The summed E-state index contributed by atoms with van der Waals surface area (Å²) in [6.07, 6.45) is 22.9. The molecule has 0 aromatic heterocycles. The molecule has 0 amide bonds. The fraction of sp³-hybridized carbons (Fsp3) is 1.00. The van der Waals surface area contributed by atoms with Gasteiger partial charge >= 0.3 is 0 Å². The molecule has 8 fully saturated rings. The molecule has 17 heteroatoms. The summed E-state index contributed by atoms with van der Waals surface area (Å²) in [5.41, 5.74) is 0. The summed E-state index contributed by atoms with van der Waals surface area (Å²) >= 11 is 3.70. The quantitative estimate of drug-likeness (QED) is 0.0232. The average molecular weight is 915 g/mol. The Morgan fingerprint density at radius 2 is 1.03 bits per heavy atom. The smallest absolute Gasteiger partial charge is 0.160 e. The van der Waals surface area contributed by atoms with Gasteiger partial charge in [-0.25, -0.2) is 0 Å². The second-order valence-corrected chi connectivity index (χ2v) is 22.0. The van der Waals surface area contributed by atoms with Crippen molar-refractivity contribution in [3.05, 3.63) is 0 Å². The Morgan fingerprint density at radius 1 is 0.500 bits per heavy atom. The zero-order valence-corrected chi connectivity index (χ0v) is 39.7. The summed E-state index contributed by atoms with van der Waals surface area (Å²) in [5.74, 6) is 2.03. The van der Waals surface area contributed by atoms with Crippen LogP contribution in [0.3, 0.4) is 0 Å². The van der Waals surface area contributed by atoms with Gasteiger partial charge in [-0.15, -0.1) is 4.33 Å². The molecule has 16 nitrogen and oxygen atoms in total. The SMILES string of the molecule is CC1CCC(N=NC2CCC(N=NC3C(OOOS)CC4CC(NC(O)NC5CCC6C(CCC(N=NC7CCC(N=NC8CCCCC8)CC7C)C6O)C5)CCC4C3O)CC2)CC1. The van der Waals surface area contributed by atoms with Crippen molar-refractivity contribution in [1.82, 2.24) is 10.6 Å². The summed E-state index contributed by atoms with van der Waals surface area (Å²) in [6, 6.07) is 1.22. The van der Waals surface area contributed by atoms with Crippen LogP contribution in [0.2, 0.25) is 0 Å². The van der Waals surface area contributed by atoms with Crippen molar-refractivity contribution < 1.29 is 29.6 Å². The number of aliphatic hydroxyl groups is 3. The van der Waals surface area contributed by atoms with E-state index in [9.17, 15) is 15.3 Å². The van der Waals surface area contributed by atoms with Crippen LogP contribution in [0.1, 0.15) is 174 Å². The molecule has 8 aliphatic carbocycles. The number of nitrogens with zero attached hydrogens (tertiary/aromatic N) is 8. The highest BCUT2D eigenvalue weighted by atomic mass is 32.1. The number of hydrogen-bond donors (Lipinski definition) is 6. The van der Waals surface area contributed by atoms with Crippen LogP contribution < -0.4 is 10.6 Å². The first kappa shape index (κ1) is 48.9. The summed E-state index contributed by atoms with van der Waals surface area (Å²) in [4.78, 5) is 5.61. The molecule has 0 aromatic carbocycles. The monoisotopic (exact) mass is 915 g/mol. The van der Waals surface area contributed by atoms with Crippen LogP contribution in [0, 0.1) is 35.5 Å². The summed E-state index contributed by atoms with van der Waals surface area (Å²) in [5, 5.41) is 84.3. The van der Waals surface area contributed by atoms with E-state index in [-0.39, 0.29) is 54.0 Å². The lowest BCUT2D eigenvalue weighted by Crippen LogP contribution is -2.57. The minimum atomic E-state index is -0.848. The maximum atomic E-state index is 11.7. The van der Waals surface area contributed by atoms with E-state index in [0.29, 0.717) is 36.4 Å². The van der Waals surface area contributed by atoms with Crippen molar-refractivity contribution in [2.75, 3.05) is 0 Å². The van der Waals surface area contributed by atoms with Crippen LogP contribution in [0.25, 0.3) is 0 Å². The minimum absolute atomic E-state index is 0.0468. The van der Waals surface area contributed by atoms with Gasteiger partial charge in [-0.3, -0.25) is 10.6 Å². The van der Waals surface area contributed by atoms with Crippen LogP contribution in [0.15, 0.2) is 40.9 Å². The van der Waals surface area contributed by atoms with Gasteiger partial charge in [-0.05, 0) is 177 Å². The first-order valence-electron chi connectivity index (χ1n) is 26.0. The van der Waals surface area contributed by atoms with Crippen LogP contribution in [0.5, 0.6) is 0 Å². The van der Waals surface area contributed by atoms with E-state index >= 15 is 0 Å². The molecule has 362 valence electrons. The number of rotatable bonds is 15. The van der Waals surface area contributed by atoms with Crippen molar-refractivity contribution in [2.24, 2.45) is 76.4 Å². The normalized spacial score (nSPS) is 44.7. The lowest BCUT2D eigenvalue weighted by atomic mass is 9.65. The lowest BCUT2D eigenvalue weighted by molar-refractivity contribution is -0.482. The van der Waals surface area contributed by atoms with E-state index in [1.165, 1.54) is 44.9 Å². The topological polar surface area (TPSA) is 211 Å². The average Bonchev–Trinajstić information content (AvgIpc) is 3.30. The molecule has 0 aliphatic heterocycles. The summed E-state index contributed by atoms with van der Waals surface area (Å²) < 4.78 is 4.51. The molecule has 8 aliphatic rings. The fourth-order valence-electron chi connectivity index (χ4n) is 13.3. The second kappa shape index (κ2) is 24.1. The van der Waals surface area contributed by atoms with Crippen molar-refractivity contribution in [1.29, 1.82) is 0 Å². The zero-order chi connectivity index (χ0) is 44.4. The third-order valence-corrected chi connectivity index (χ3v) is 17.3. The number of fused-ring (bicyclic) bond motifs is 2. The van der Waals surface area contributed by atoms with E-state index in [1.807, 2.05) is 0 Å². The standard InChI is InChI=1S/C47H82N10O6S/c1-28-8-11-33(12-9-28)51-52-34-13-15-35(16-14-34)53-57-44-43(61-62-63-64)27-31-26-37(18-21-40(31)46(44)59)49-47(60)48-36-17-20-39-30(25-36)10-22-42(45(39)58)56-55-41-23-19-38(24-29(41)2)54-50-32-6-4-3-5-7-32/h28-49,58-60,64H,3-27H2,1-2H3. The lowest BCUT2D eigenvalue weighted by Gasteiger charge is -2.47. The Morgan fingerprint density at radius 3 is 1.67 bits per heavy atom. The fourth-order valence-corrected chi connectivity index (χ4v) is 13.3. The first-order chi connectivity index (χ1) is 31.2. The highest BCUT2D eigenvalue weighted by molar-refractivity contribution is 7.74. The van der Waals surface area contributed by atoms with Crippen molar-refractivity contribution >= 4 is 12.9 Å². The van der Waals surface area contributed by atoms with Crippen molar-refractivity contribution in [2.45, 2.75) is 259 Å². The van der Waals surface area contributed by atoms with Crippen LogP contribution in [-0.4, -0.2) is 100 Å². The van der Waals surface area contributed by atoms with Gasteiger partial charge in [0, 0.05) is 25.0 Å². The van der Waals surface area contributed by atoms with Gasteiger partial charge in [0.25, 0.3) is 0 Å². The predicted molar refractivity (Wildman–Crippen MR) is 245 cm³/mol. The number of aliphatic hydroxyl groups excluding tert-OH is 3. The molecule has 0 aromatic rings. The van der Waals surface area contributed by atoms with Gasteiger partial charge in [0.1, 0.15) is 12.1 Å². The molecule has 5 N–H and O–H groups in total. The molecule has 15 unspecified atom stereocenters. The van der Waals surface area contributed by atoms with Crippen molar-refractivity contribution in [3.63, 3.8) is 0 Å². The minimum Gasteiger partial charge on any atom is -0.391 e. The molecule has 0 heterocycles. The Kier molecular flexibility index (Phi) is 18.4. The molecule has 0 radical (unpaired) electrons. The summed E-state index contributed by atoms with van der Waals surface area (Å²) in [7, 11) is 0. The number of azo groups is 4. The van der Waals surface area contributed by atoms with Gasteiger partial charge in [-0.1, -0.05) is 38.1 Å². The summed E-state index contributed by atoms with van der Waals surface area (Å²) in [6.45, 7) is 4.60. The molecule has 0 bridgehead atoms. The van der Waals surface area contributed by atoms with Gasteiger partial charge in [0.15, 0.2) is 6.35 Å². The van der Waals surface area contributed by atoms with E-state index in [2.05, 4.69) is 41.7 Å². The Balaban J connectivity index is 0.747. The molecule has 8 saturated carbocycles. The van der Waals surface area contributed by atoms with Gasteiger partial charge in [0.2, 0.25) is 0 Å². The molecule has 15 atom stereocenters. The first-order valence-corrected chi connectivity index (χ1v) is 26.3. The Hall–Kier alpha value is -1.57. The van der Waals surface area contributed by atoms with E-state index in [0.717, 1.165) is 115 Å². The molecular formula is C47H82N10O6S. The molecular weight excluding hydrogens is 833 g/mol. The second-order valence-electron chi connectivity index (χ2n) is 21.8. The number of nitrogens with one attached hydrogen (secondary N) is 2. The Bertz CT molecular complexity index is 1530. The third kappa shape index (κ3) is 13.4. The van der Waals surface area contributed by atoms with E-state index in [1.54, 1.807) is 0 Å². The van der Waals surface area contributed by atoms with Gasteiger partial charge in [0.05, 0.1) is 54.5 Å². The van der Waals surface area contributed by atoms with Crippen LogP contribution >= 0.6 is 12.9 Å². The highest BCUT2D eigenvalue weighted by Crippen LogP contribution is 2.45. The van der Waals surface area contributed by atoms with E-state index in [4.69, 9.17) is 50.8 Å².